The quantitative estimate of drug-likeness (QED) is 0.843. The minimum Gasteiger partial charge on any atom is -0.446 e. The van der Waals surface area contributed by atoms with Crippen molar-refractivity contribution < 1.29 is 9.53 Å². The Balaban J connectivity index is 0.00000137. The van der Waals surface area contributed by atoms with Crippen LogP contribution in [-0.2, 0) is 4.74 Å². The second-order valence-electron chi connectivity index (χ2n) is 4.88. The molecule has 4 nitrogen and oxygen atoms in total. The number of carbonyl (C=O) groups is 1. The molecule has 1 fully saturated rings. The number of ether oxygens (including phenoxy) is 1. The number of hydrogen-bond acceptors (Lipinski definition) is 3. The number of alkyl carbamates (subject to hydrolysis) is 1. The molecule has 0 saturated carbocycles. The number of nitrogens with one attached hydrogen (secondary N) is 1. The Bertz CT molecular complexity index is 212. The van der Waals surface area contributed by atoms with Crippen LogP contribution in [-0.4, -0.2) is 43.8 Å². The van der Waals surface area contributed by atoms with Crippen LogP contribution in [0.5, 0.6) is 0 Å². The van der Waals surface area contributed by atoms with Crippen molar-refractivity contribution in [2.75, 3.05) is 26.7 Å². The van der Waals surface area contributed by atoms with Gasteiger partial charge in [-0.15, -0.1) is 0 Å². The predicted octanol–water partition coefficient (Wildman–Crippen LogP) is 2.88. The molecule has 1 rings (SSSR count). The van der Waals surface area contributed by atoms with Crippen LogP contribution >= 0.6 is 0 Å². The molecule has 0 aromatic heterocycles. The van der Waals surface area contributed by atoms with Crippen LogP contribution in [0.3, 0.4) is 0 Å². The van der Waals surface area contributed by atoms with Crippen molar-refractivity contribution in [3.63, 3.8) is 0 Å². The molecule has 0 aliphatic carbocycles. The van der Waals surface area contributed by atoms with E-state index in [9.17, 15) is 4.79 Å². The Morgan fingerprint density at radius 1 is 1.33 bits per heavy atom. The van der Waals surface area contributed by atoms with Gasteiger partial charge in [0.1, 0.15) is 6.10 Å². The minimum atomic E-state index is -0.305. The van der Waals surface area contributed by atoms with Gasteiger partial charge in [0, 0.05) is 20.1 Å². The molecule has 1 aliphatic rings. The number of carbonyl (C=O) groups excluding carboxylic acids is 1. The normalized spacial score (nSPS) is 17.0. The zero-order valence-electron chi connectivity index (χ0n) is 12.7. The number of piperidine rings is 1. The maximum atomic E-state index is 11.0. The number of nitrogens with zero attached hydrogens (tertiary/aromatic N) is 1. The molecule has 0 unspecified atom stereocenters. The summed E-state index contributed by atoms with van der Waals surface area (Å²) in [5, 5.41) is 2.49. The van der Waals surface area contributed by atoms with Crippen molar-refractivity contribution in [1.29, 1.82) is 0 Å². The standard InChI is InChI=1S/C12H24N2O2.C2H6/c1-10(2)4-7-14-8-5-11(6-9-14)16-12(15)13-3;1-2/h10-11H,4-9H2,1-3H3,(H,13,15);1-2H3. The van der Waals surface area contributed by atoms with E-state index in [1.54, 1.807) is 7.05 Å². The van der Waals surface area contributed by atoms with Crippen LogP contribution in [0, 0.1) is 5.92 Å². The largest absolute Gasteiger partial charge is 0.446 e. The van der Waals surface area contributed by atoms with E-state index in [4.69, 9.17) is 4.74 Å². The zero-order valence-corrected chi connectivity index (χ0v) is 12.7. The van der Waals surface area contributed by atoms with E-state index in [0.29, 0.717) is 0 Å². The SMILES string of the molecule is CC.CNC(=O)OC1CCN(CCC(C)C)CC1. The van der Waals surface area contributed by atoms with Crippen molar-refractivity contribution in [2.45, 2.75) is 53.1 Å². The molecular formula is C14H30N2O2. The van der Waals surface area contributed by atoms with E-state index in [2.05, 4.69) is 24.1 Å². The summed E-state index contributed by atoms with van der Waals surface area (Å²) in [6.45, 7) is 11.8. The van der Waals surface area contributed by atoms with E-state index in [1.807, 2.05) is 13.8 Å². The number of rotatable bonds is 4. The van der Waals surface area contributed by atoms with Crippen molar-refractivity contribution in [1.82, 2.24) is 10.2 Å². The fraction of sp³-hybridized carbons (Fsp3) is 0.929. The molecule has 1 N–H and O–H groups in total. The number of amides is 1. The second kappa shape index (κ2) is 10.2. The average Bonchev–Trinajstić information content (AvgIpc) is 2.40. The molecule has 0 radical (unpaired) electrons. The van der Waals surface area contributed by atoms with Crippen molar-refractivity contribution in [3.8, 4) is 0 Å². The molecule has 18 heavy (non-hydrogen) atoms. The van der Waals surface area contributed by atoms with E-state index >= 15 is 0 Å². The third-order valence-electron chi connectivity index (χ3n) is 3.04. The van der Waals surface area contributed by atoms with E-state index < -0.39 is 0 Å². The first kappa shape index (κ1) is 17.2. The minimum absolute atomic E-state index is 0.107. The molecule has 4 heteroatoms. The van der Waals surface area contributed by atoms with Crippen LogP contribution in [0.25, 0.3) is 0 Å². The van der Waals surface area contributed by atoms with Gasteiger partial charge in [-0.25, -0.2) is 4.79 Å². The monoisotopic (exact) mass is 258 g/mol. The number of likely N-dealkylation sites (tertiary alicyclic amines) is 1. The first-order chi connectivity index (χ1) is 8.61. The zero-order chi connectivity index (χ0) is 14.0. The molecule has 0 atom stereocenters. The lowest BCUT2D eigenvalue weighted by Gasteiger charge is -2.31. The van der Waals surface area contributed by atoms with E-state index in [-0.39, 0.29) is 12.2 Å². The van der Waals surface area contributed by atoms with Gasteiger partial charge in [-0.2, -0.15) is 0 Å². The number of hydrogen-bond donors (Lipinski definition) is 1. The van der Waals surface area contributed by atoms with Crippen molar-refractivity contribution in [2.24, 2.45) is 5.92 Å². The summed E-state index contributed by atoms with van der Waals surface area (Å²) < 4.78 is 5.24. The first-order valence-corrected chi connectivity index (χ1v) is 7.22. The maximum absolute atomic E-state index is 11.0. The van der Waals surface area contributed by atoms with Crippen LogP contribution in [0.15, 0.2) is 0 Å². The van der Waals surface area contributed by atoms with Gasteiger partial charge in [0.2, 0.25) is 0 Å². The van der Waals surface area contributed by atoms with Gasteiger partial charge in [0.05, 0.1) is 0 Å². The highest BCUT2D eigenvalue weighted by Gasteiger charge is 2.21. The van der Waals surface area contributed by atoms with Crippen LogP contribution < -0.4 is 5.32 Å². The fourth-order valence-corrected chi connectivity index (χ4v) is 1.90. The molecule has 0 spiro atoms. The summed E-state index contributed by atoms with van der Waals surface area (Å²) in [6.07, 6.45) is 2.98. The third-order valence-corrected chi connectivity index (χ3v) is 3.04. The van der Waals surface area contributed by atoms with Crippen molar-refractivity contribution in [3.05, 3.63) is 0 Å². The molecular weight excluding hydrogens is 228 g/mol. The van der Waals surface area contributed by atoms with Crippen LogP contribution in [0.4, 0.5) is 4.79 Å². The summed E-state index contributed by atoms with van der Waals surface area (Å²) >= 11 is 0. The van der Waals surface area contributed by atoms with Gasteiger partial charge in [-0.05, 0) is 31.7 Å². The Morgan fingerprint density at radius 3 is 2.33 bits per heavy atom. The fourth-order valence-electron chi connectivity index (χ4n) is 1.90. The van der Waals surface area contributed by atoms with Gasteiger partial charge in [0.15, 0.2) is 0 Å². The molecule has 0 aromatic carbocycles. The highest BCUT2D eigenvalue weighted by molar-refractivity contribution is 5.66. The predicted molar refractivity (Wildman–Crippen MR) is 75.8 cm³/mol. The third kappa shape index (κ3) is 7.54. The summed E-state index contributed by atoms with van der Waals surface area (Å²) in [7, 11) is 1.60. The lowest BCUT2D eigenvalue weighted by Crippen LogP contribution is -2.39. The summed E-state index contributed by atoms with van der Waals surface area (Å²) in [6, 6.07) is 0. The Morgan fingerprint density at radius 2 is 1.89 bits per heavy atom. The summed E-state index contributed by atoms with van der Waals surface area (Å²) in [5.74, 6) is 0.764. The molecule has 1 amide bonds. The van der Waals surface area contributed by atoms with Gasteiger partial charge < -0.3 is 15.0 Å². The molecule has 0 bridgehead atoms. The van der Waals surface area contributed by atoms with Gasteiger partial charge in [-0.1, -0.05) is 27.7 Å². The highest BCUT2D eigenvalue weighted by atomic mass is 16.6. The highest BCUT2D eigenvalue weighted by Crippen LogP contribution is 2.15. The molecule has 1 heterocycles. The van der Waals surface area contributed by atoms with Crippen LogP contribution in [0.2, 0.25) is 0 Å². The molecule has 108 valence electrons. The van der Waals surface area contributed by atoms with E-state index in [0.717, 1.165) is 31.8 Å². The smallest absolute Gasteiger partial charge is 0.407 e. The second-order valence-corrected chi connectivity index (χ2v) is 4.88. The first-order valence-electron chi connectivity index (χ1n) is 7.22. The molecule has 0 aromatic rings. The van der Waals surface area contributed by atoms with Crippen molar-refractivity contribution >= 4 is 6.09 Å². The summed E-state index contributed by atoms with van der Waals surface area (Å²) in [5.41, 5.74) is 0. The Kier molecular flexibility index (Phi) is 9.74. The lowest BCUT2D eigenvalue weighted by atomic mass is 10.1. The van der Waals surface area contributed by atoms with E-state index in [1.165, 1.54) is 13.0 Å². The lowest BCUT2D eigenvalue weighted by molar-refractivity contribution is 0.0508. The molecule has 1 aliphatic heterocycles. The topological polar surface area (TPSA) is 41.6 Å². The van der Waals surface area contributed by atoms with Gasteiger partial charge in [-0.3, -0.25) is 0 Å². The summed E-state index contributed by atoms with van der Waals surface area (Å²) in [4.78, 5) is 13.5. The maximum Gasteiger partial charge on any atom is 0.407 e. The van der Waals surface area contributed by atoms with Gasteiger partial charge >= 0.3 is 6.09 Å². The van der Waals surface area contributed by atoms with Gasteiger partial charge in [0.25, 0.3) is 0 Å². The Labute approximate surface area is 112 Å². The molecule has 1 saturated heterocycles. The Hall–Kier alpha value is -0.770. The average molecular weight is 258 g/mol. The van der Waals surface area contributed by atoms with Crippen LogP contribution in [0.1, 0.15) is 47.0 Å².